The lowest BCUT2D eigenvalue weighted by Gasteiger charge is -2.19. The smallest absolute Gasteiger partial charge is 0.104 e. The van der Waals surface area contributed by atoms with Gasteiger partial charge in [-0.1, -0.05) is 0 Å². The second-order valence-electron chi connectivity index (χ2n) is 4.34. The van der Waals surface area contributed by atoms with E-state index < -0.39 is 0 Å². The Morgan fingerprint density at radius 3 is 2.54 bits per heavy atom. The van der Waals surface area contributed by atoms with Crippen LogP contribution >= 0.6 is 0 Å². The molecule has 1 rings (SSSR count). The maximum absolute atomic E-state index is 5.54. The molecule has 78 valence electrons. The second kappa shape index (κ2) is 4.94. The molecule has 1 aliphatic heterocycles. The molecule has 0 aromatic heterocycles. The minimum Gasteiger partial charge on any atom is -0.379 e. The number of hydrogen-bond acceptors (Lipinski definition) is 3. The van der Waals surface area contributed by atoms with E-state index in [2.05, 4.69) is 20.8 Å². The summed E-state index contributed by atoms with van der Waals surface area (Å²) in [6.07, 6.45) is 1.34. The van der Waals surface area contributed by atoms with Gasteiger partial charge in [-0.05, 0) is 27.2 Å². The molecule has 0 aromatic rings. The van der Waals surface area contributed by atoms with Crippen molar-refractivity contribution in [3.8, 4) is 0 Å². The van der Waals surface area contributed by atoms with Crippen molar-refractivity contribution in [2.24, 2.45) is 0 Å². The average Bonchev–Trinajstić information content (AvgIpc) is 2.77. The van der Waals surface area contributed by atoms with Gasteiger partial charge in [0.2, 0.25) is 0 Å². The van der Waals surface area contributed by atoms with E-state index in [1.807, 2.05) is 0 Å². The van der Waals surface area contributed by atoms with Crippen LogP contribution in [0.1, 0.15) is 27.2 Å². The Morgan fingerprint density at radius 1 is 1.31 bits per heavy atom. The standard InChI is InChI=1S/C10H20O3/c1-10(2,3)13-6-4-5-11-7-9-8-12-9/h9H,4-8H2,1-3H3. The summed E-state index contributed by atoms with van der Waals surface area (Å²) < 4.78 is 15.9. The molecule has 0 aliphatic carbocycles. The quantitative estimate of drug-likeness (QED) is 0.468. The van der Waals surface area contributed by atoms with E-state index in [4.69, 9.17) is 14.2 Å². The summed E-state index contributed by atoms with van der Waals surface area (Å²) in [5.41, 5.74) is -0.0282. The van der Waals surface area contributed by atoms with Crippen LogP contribution in [0.2, 0.25) is 0 Å². The molecule has 0 amide bonds. The minimum absolute atomic E-state index is 0.0282. The number of ether oxygens (including phenoxy) is 3. The Labute approximate surface area is 80.4 Å². The monoisotopic (exact) mass is 188 g/mol. The molecule has 0 aromatic carbocycles. The molecular formula is C10H20O3. The molecule has 0 N–H and O–H groups in total. The Balaban J connectivity index is 1.78. The summed E-state index contributed by atoms with van der Waals surface area (Å²) in [6, 6.07) is 0. The molecule has 1 heterocycles. The summed E-state index contributed by atoms with van der Waals surface area (Å²) in [5, 5.41) is 0. The molecular weight excluding hydrogens is 168 g/mol. The Hall–Kier alpha value is -0.120. The van der Waals surface area contributed by atoms with Crippen molar-refractivity contribution in [2.45, 2.75) is 38.9 Å². The van der Waals surface area contributed by atoms with Gasteiger partial charge in [-0.2, -0.15) is 0 Å². The van der Waals surface area contributed by atoms with Crippen molar-refractivity contribution < 1.29 is 14.2 Å². The molecule has 1 fully saturated rings. The van der Waals surface area contributed by atoms with Crippen LogP contribution in [0.3, 0.4) is 0 Å². The van der Waals surface area contributed by atoms with Crippen LogP contribution in [0.5, 0.6) is 0 Å². The first-order chi connectivity index (χ1) is 6.08. The Morgan fingerprint density at radius 2 is 2.00 bits per heavy atom. The fourth-order valence-electron chi connectivity index (χ4n) is 0.918. The first kappa shape index (κ1) is 11.0. The zero-order chi connectivity index (χ0) is 9.73. The lowest BCUT2D eigenvalue weighted by atomic mass is 10.2. The summed E-state index contributed by atoms with van der Waals surface area (Å²) in [5.74, 6) is 0. The molecule has 0 bridgehead atoms. The molecule has 1 atom stereocenters. The highest BCUT2D eigenvalue weighted by atomic mass is 16.6. The molecule has 0 spiro atoms. The van der Waals surface area contributed by atoms with Gasteiger partial charge in [0, 0.05) is 13.2 Å². The van der Waals surface area contributed by atoms with Gasteiger partial charge in [-0.25, -0.2) is 0 Å². The van der Waals surface area contributed by atoms with E-state index in [0.29, 0.717) is 6.10 Å². The predicted molar refractivity (Wildman–Crippen MR) is 50.9 cm³/mol. The largest absolute Gasteiger partial charge is 0.379 e. The second-order valence-corrected chi connectivity index (χ2v) is 4.34. The van der Waals surface area contributed by atoms with E-state index in [1.54, 1.807) is 0 Å². The summed E-state index contributed by atoms with van der Waals surface area (Å²) >= 11 is 0. The van der Waals surface area contributed by atoms with E-state index in [-0.39, 0.29) is 5.60 Å². The maximum Gasteiger partial charge on any atom is 0.104 e. The van der Waals surface area contributed by atoms with E-state index in [0.717, 1.165) is 32.8 Å². The van der Waals surface area contributed by atoms with Crippen LogP contribution in [0.25, 0.3) is 0 Å². The zero-order valence-electron chi connectivity index (χ0n) is 8.84. The molecule has 13 heavy (non-hydrogen) atoms. The van der Waals surface area contributed by atoms with Crippen molar-refractivity contribution in [1.82, 2.24) is 0 Å². The number of hydrogen-bond donors (Lipinski definition) is 0. The van der Waals surface area contributed by atoms with Crippen molar-refractivity contribution in [1.29, 1.82) is 0 Å². The zero-order valence-corrected chi connectivity index (χ0v) is 8.84. The number of rotatable bonds is 6. The highest BCUT2D eigenvalue weighted by Gasteiger charge is 2.21. The minimum atomic E-state index is -0.0282. The van der Waals surface area contributed by atoms with Crippen LogP contribution in [0.4, 0.5) is 0 Å². The molecule has 1 unspecified atom stereocenters. The lowest BCUT2D eigenvalue weighted by Crippen LogP contribution is -2.20. The Bertz CT molecular complexity index is 136. The first-order valence-electron chi connectivity index (χ1n) is 4.91. The van der Waals surface area contributed by atoms with Crippen LogP contribution in [0, 0.1) is 0 Å². The molecule has 1 saturated heterocycles. The van der Waals surface area contributed by atoms with Crippen molar-refractivity contribution in [2.75, 3.05) is 26.4 Å². The van der Waals surface area contributed by atoms with E-state index in [9.17, 15) is 0 Å². The van der Waals surface area contributed by atoms with Crippen LogP contribution in [-0.4, -0.2) is 38.1 Å². The highest BCUT2D eigenvalue weighted by molar-refractivity contribution is 4.67. The van der Waals surface area contributed by atoms with Crippen LogP contribution in [0.15, 0.2) is 0 Å². The summed E-state index contributed by atoms with van der Waals surface area (Å²) in [7, 11) is 0. The third-order valence-corrected chi connectivity index (χ3v) is 1.67. The van der Waals surface area contributed by atoms with E-state index >= 15 is 0 Å². The highest BCUT2D eigenvalue weighted by Crippen LogP contribution is 2.09. The number of epoxide rings is 1. The van der Waals surface area contributed by atoms with Crippen molar-refractivity contribution in [3.63, 3.8) is 0 Å². The molecule has 0 radical (unpaired) electrons. The van der Waals surface area contributed by atoms with E-state index in [1.165, 1.54) is 0 Å². The van der Waals surface area contributed by atoms with Gasteiger partial charge in [0.25, 0.3) is 0 Å². The molecule has 0 saturated carbocycles. The summed E-state index contributed by atoms with van der Waals surface area (Å²) in [4.78, 5) is 0. The van der Waals surface area contributed by atoms with Gasteiger partial charge in [-0.3, -0.25) is 0 Å². The first-order valence-corrected chi connectivity index (χ1v) is 4.91. The van der Waals surface area contributed by atoms with Gasteiger partial charge in [0.15, 0.2) is 0 Å². The van der Waals surface area contributed by atoms with Crippen molar-refractivity contribution >= 4 is 0 Å². The molecule has 3 heteroatoms. The fourth-order valence-corrected chi connectivity index (χ4v) is 0.918. The lowest BCUT2D eigenvalue weighted by molar-refractivity contribution is -0.0146. The average molecular weight is 188 g/mol. The topological polar surface area (TPSA) is 31.0 Å². The SMILES string of the molecule is CC(C)(C)OCCCOCC1CO1. The normalized spacial score (nSPS) is 21.9. The third-order valence-electron chi connectivity index (χ3n) is 1.67. The molecule has 3 nitrogen and oxygen atoms in total. The van der Waals surface area contributed by atoms with Gasteiger partial charge in [0.05, 0.1) is 18.8 Å². The Kier molecular flexibility index (Phi) is 4.16. The fraction of sp³-hybridized carbons (Fsp3) is 1.00. The van der Waals surface area contributed by atoms with Crippen LogP contribution < -0.4 is 0 Å². The van der Waals surface area contributed by atoms with Gasteiger partial charge in [0.1, 0.15) is 6.10 Å². The van der Waals surface area contributed by atoms with Gasteiger partial charge in [-0.15, -0.1) is 0 Å². The maximum atomic E-state index is 5.54. The third kappa shape index (κ3) is 6.99. The summed E-state index contributed by atoms with van der Waals surface area (Å²) in [6.45, 7) is 9.35. The van der Waals surface area contributed by atoms with Crippen LogP contribution in [-0.2, 0) is 14.2 Å². The molecule has 1 aliphatic rings. The predicted octanol–water partition coefficient (Wildman–Crippen LogP) is 1.61. The van der Waals surface area contributed by atoms with Gasteiger partial charge < -0.3 is 14.2 Å². The van der Waals surface area contributed by atoms with Crippen molar-refractivity contribution in [3.05, 3.63) is 0 Å². The van der Waals surface area contributed by atoms with Gasteiger partial charge >= 0.3 is 0 Å².